The summed E-state index contributed by atoms with van der Waals surface area (Å²) in [7, 11) is 0. The van der Waals surface area contributed by atoms with E-state index in [1.54, 1.807) is 12.1 Å². The second kappa shape index (κ2) is 9.45. The standard InChI is InChI=1S/C20H23N7O2/c1-13-12-18(22-11-5-10-21-14(2)28)25-19(23-13)27-20(29)26-17-9-8-15-6-3-4-7-16(15)24-17/h3-4,6-9,12H,5,10-11H2,1-2H3,(H,21,28)(H3,22,23,24,25,26,27,29). The number of hydrogen-bond donors (Lipinski definition) is 4. The molecular formula is C20H23N7O2. The molecule has 2 aromatic heterocycles. The first kappa shape index (κ1) is 20.0. The number of carbonyl (C=O) groups is 2. The predicted molar refractivity (Wildman–Crippen MR) is 113 cm³/mol. The zero-order chi connectivity index (χ0) is 20.6. The molecule has 0 radical (unpaired) electrons. The molecule has 4 N–H and O–H groups in total. The van der Waals surface area contributed by atoms with Crippen molar-refractivity contribution in [1.82, 2.24) is 20.3 Å². The Bertz CT molecular complexity index is 1020. The molecule has 1 aromatic carbocycles. The lowest BCUT2D eigenvalue weighted by Crippen LogP contribution is -2.23. The van der Waals surface area contributed by atoms with Gasteiger partial charge in [0.05, 0.1) is 5.52 Å². The van der Waals surface area contributed by atoms with Crippen molar-refractivity contribution in [3.63, 3.8) is 0 Å². The molecule has 9 heteroatoms. The van der Waals surface area contributed by atoms with E-state index in [0.29, 0.717) is 30.4 Å². The first-order chi connectivity index (χ1) is 14.0. The molecule has 9 nitrogen and oxygen atoms in total. The number of pyridine rings is 1. The summed E-state index contributed by atoms with van der Waals surface area (Å²) in [4.78, 5) is 36.1. The van der Waals surface area contributed by atoms with Crippen LogP contribution in [0.3, 0.4) is 0 Å². The van der Waals surface area contributed by atoms with Crippen molar-refractivity contribution in [1.29, 1.82) is 0 Å². The van der Waals surface area contributed by atoms with Gasteiger partial charge in [-0.05, 0) is 31.5 Å². The van der Waals surface area contributed by atoms with Gasteiger partial charge in [0.1, 0.15) is 11.6 Å². The fourth-order valence-electron chi connectivity index (χ4n) is 2.67. The van der Waals surface area contributed by atoms with E-state index in [9.17, 15) is 9.59 Å². The van der Waals surface area contributed by atoms with Crippen LogP contribution < -0.4 is 21.3 Å². The van der Waals surface area contributed by atoms with Crippen molar-refractivity contribution in [2.75, 3.05) is 29.0 Å². The predicted octanol–water partition coefficient (Wildman–Crippen LogP) is 2.92. The third-order valence-corrected chi connectivity index (χ3v) is 3.95. The summed E-state index contributed by atoms with van der Waals surface area (Å²) < 4.78 is 0. The zero-order valence-electron chi connectivity index (χ0n) is 16.3. The number of aromatic nitrogens is 3. The summed E-state index contributed by atoms with van der Waals surface area (Å²) in [5.74, 6) is 1.17. The first-order valence-corrected chi connectivity index (χ1v) is 9.27. The Balaban J connectivity index is 1.57. The highest BCUT2D eigenvalue weighted by atomic mass is 16.2. The van der Waals surface area contributed by atoms with Crippen LogP contribution in [0.1, 0.15) is 19.0 Å². The van der Waals surface area contributed by atoms with Crippen LogP contribution >= 0.6 is 0 Å². The number of fused-ring (bicyclic) bond motifs is 1. The number of amides is 3. The molecule has 0 saturated carbocycles. The van der Waals surface area contributed by atoms with Gasteiger partial charge in [0.25, 0.3) is 0 Å². The molecule has 0 bridgehead atoms. The number of hydrogen-bond acceptors (Lipinski definition) is 6. The summed E-state index contributed by atoms with van der Waals surface area (Å²) >= 11 is 0. The maximum atomic E-state index is 12.3. The monoisotopic (exact) mass is 393 g/mol. The number of nitrogens with one attached hydrogen (secondary N) is 4. The van der Waals surface area contributed by atoms with E-state index in [1.807, 2.05) is 37.3 Å². The average Bonchev–Trinajstić information content (AvgIpc) is 2.67. The summed E-state index contributed by atoms with van der Waals surface area (Å²) in [5.41, 5.74) is 1.51. The van der Waals surface area contributed by atoms with E-state index in [-0.39, 0.29) is 11.9 Å². The van der Waals surface area contributed by atoms with Crippen LogP contribution in [0.4, 0.5) is 22.4 Å². The van der Waals surface area contributed by atoms with E-state index in [0.717, 1.165) is 17.3 Å². The number of benzene rings is 1. The minimum Gasteiger partial charge on any atom is -0.370 e. The molecule has 0 fully saturated rings. The fourth-order valence-corrected chi connectivity index (χ4v) is 2.67. The Morgan fingerprint density at radius 3 is 2.59 bits per heavy atom. The molecule has 0 saturated heterocycles. The minimum absolute atomic E-state index is 0.0544. The second-order valence-electron chi connectivity index (χ2n) is 6.45. The molecule has 0 unspecified atom stereocenters. The molecule has 0 aliphatic rings. The lowest BCUT2D eigenvalue weighted by Gasteiger charge is -2.10. The summed E-state index contributed by atoms with van der Waals surface area (Å²) in [6, 6.07) is 12.6. The molecule has 0 spiro atoms. The molecule has 2 heterocycles. The Morgan fingerprint density at radius 1 is 0.931 bits per heavy atom. The molecule has 29 heavy (non-hydrogen) atoms. The van der Waals surface area contributed by atoms with E-state index in [4.69, 9.17) is 0 Å². The molecule has 3 rings (SSSR count). The van der Waals surface area contributed by atoms with Crippen LogP contribution in [0.2, 0.25) is 0 Å². The second-order valence-corrected chi connectivity index (χ2v) is 6.45. The molecule has 3 amide bonds. The van der Waals surface area contributed by atoms with Crippen molar-refractivity contribution in [3.8, 4) is 0 Å². The van der Waals surface area contributed by atoms with E-state index in [1.165, 1.54) is 6.92 Å². The highest BCUT2D eigenvalue weighted by Gasteiger charge is 2.08. The Hall–Kier alpha value is -3.75. The quantitative estimate of drug-likeness (QED) is 0.458. The first-order valence-electron chi connectivity index (χ1n) is 9.27. The van der Waals surface area contributed by atoms with Gasteiger partial charge < -0.3 is 10.6 Å². The van der Waals surface area contributed by atoms with E-state index < -0.39 is 6.03 Å². The van der Waals surface area contributed by atoms with Crippen molar-refractivity contribution in [2.45, 2.75) is 20.3 Å². The number of anilines is 3. The minimum atomic E-state index is -0.477. The van der Waals surface area contributed by atoms with Gasteiger partial charge in [0.2, 0.25) is 11.9 Å². The Kier molecular flexibility index (Phi) is 6.51. The van der Waals surface area contributed by atoms with Crippen LogP contribution in [0.15, 0.2) is 42.5 Å². The molecule has 0 atom stereocenters. The molecule has 0 aliphatic heterocycles. The summed E-state index contributed by atoms with van der Waals surface area (Å²) in [6.45, 7) is 4.51. The van der Waals surface area contributed by atoms with Gasteiger partial charge in [-0.2, -0.15) is 4.98 Å². The maximum Gasteiger partial charge on any atom is 0.327 e. The van der Waals surface area contributed by atoms with E-state index in [2.05, 4.69) is 36.2 Å². The van der Waals surface area contributed by atoms with Crippen LogP contribution in [0, 0.1) is 6.92 Å². The number of para-hydroxylation sites is 1. The van der Waals surface area contributed by atoms with Crippen molar-refractivity contribution >= 4 is 40.4 Å². The van der Waals surface area contributed by atoms with Crippen molar-refractivity contribution in [2.24, 2.45) is 0 Å². The van der Waals surface area contributed by atoms with Gasteiger partial charge in [0, 0.05) is 37.2 Å². The smallest absolute Gasteiger partial charge is 0.327 e. The number of urea groups is 1. The topological polar surface area (TPSA) is 121 Å². The number of nitrogens with zero attached hydrogens (tertiary/aromatic N) is 3. The molecule has 3 aromatic rings. The van der Waals surface area contributed by atoms with Crippen LogP contribution in [-0.2, 0) is 4.79 Å². The Labute approximate surface area is 168 Å². The molecular weight excluding hydrogens is 370 g/mol. The lowest BCUT2D eigenvalue weighted by atomic mass is 10.2. The fraction of sp³-hybridized carbons (Fsp3) is 0.250. The van der Waals surface area contributed by atoms with Gasteiger partial charge in [-0.3, -0.25) is 15.4 Å². The van der Waals surface area contributed by atoms with Gasteiger partial charge in [-0.15, -0.1) is 0 Å². The highest BCUT2D eigenvalue weighted by molar-refractivity contribution is 5.98. The van der Waals surface area contributed by atoms with Crippen molar-refractivity contribution in [3.05, 3.63) is 48.2 Å². The molecule has 150 valence electrons. The summed E-state index contributed by atoms with van der Waals surface area (Å²) in [6.07, 6.45) is 0.750. The third-order valence-electron chi connectivity index (χ3n) is 3.95. The highest BCUT2D eigenvalue weighted by Crippen LogP contribution is 2.15. The number of aryl methyl sites for hydroxylation is 1. The lowest BCUT2D eigenvalue weighted by molar-refractivity contribution is -0.118. The van der Waals surface area contributed by atoms with Crippen LogP contribution in [0.5, 0.6) is 0 Å². The van der Waals surface area contributed by atoms with Gasteiger partial charge in [0.15, 0.2) is 0 Å². The average molecular weight is 393 g/mol. The van der Waals surface area contributed by atoms with Crippen molar-refractivity contribution < 1.29 is 9.59 Å². The van der Waals surface area contributed by atoms with Gasteiger partial charge in [-0.25, -0.2) is 14.8 Å². The van der Waals surface area contributed by atoms with Gasteiger partial charge >= 0.3 is 6.03 Å². The summed E-state index contributed by atoms with van der Waals surface area (Å²) in [5, 5.41) is 12.2. The van der Waals surface area contributed by atoms with E-state index >= 15 is 0 Å². The maximum absolute atomic E-state index is 12.3. The Morgan fingerprint density at radius 2 is 1.76 bits per heavy atom. The zero-order valence-corrected chi connectivity index (χ0v) is 16.3. The largest absolute Gasteiger partial charge is 0.370 e. The molecule has 0 aliphatic carbocycles. The third kappa shape index (κ3) is 6.13. The number of carbonyl (C=O) groups excluding carboxylic acids is 2. The van der Waals surface area contributed by atoms with Crippen LogP contribution in [0.25, 0.3) is 10.9 Å². The van der Waals surface area contributed by atoms with Crippen LogP contribution in [-0.4, -0.2) is 40.0 Å². The number of rotatable bonds is 7. The van der Waals surface area contributed by atoms with Gasteiger partial charge in [-0.1, -0.05) is 18.2 Å². The SMILES string of the molecule is CC(=O)NCCCNc1cc(C)nc(NC(=O)Nc2ccc3ccccc3n2)n1. The normalized spacial score (nSPS) is 10.4.